The van der Waals surface area contributed by atoms with E-state index in [2.05, 4.69) is 20.7 Å². The van der Waals surface area contributed by atoms with E-state index in [0.29, 0.717) is 6.54 Å². The summed E-state index contributed by atoms with van der Waals surface area (Å²) < 4.78 is 46.3. The maximum absolute atomic E-state index is 11.2. The molecule has 8 heteroatoms. The van der Waals surface area contributed by atoms with Gasteiger partial charge in [0.15, 0.2) is 14.9 Å². The molecule has 0 rings (SSSR count). The molecule has 0 radical (unpaired) electrons. The molecule has 0 spiro atoms. The summed E-state index contributed by atoms with van der Waals surface area (Å²) in [6.45, 7) is 0.306. The van der Waals surface area contributed by atoms with Gasteiger partial charge in [0.1, 0.15) is 0 Å². The molecule has 0 fully saturated rings. The van der Waals surface area contributed by atoms with Gasteiger partial charge in [-0.15, -0.1) is 0 Å². The largest absolute Gasteiger partial charge is 0.228 e. The van der Waals surface area contributed by atoms with Crippen LogP contribution in [0.1, 0.15) is 25.7 Å². The average molecular weight is 336 g/mol. The number of sulfone groups is 1. The molecule has 5 nitrogen and oxygen atoms in total. The number of hydrogen-bond donors (Lipinski definition) is 1. The van der Waals surface area contributed by atoms with Gasteiger partial charge in [-0.25, -0.2) is 21.6 Å². The van der Waals surface area contributed by atoms with Crippen LogP contribution in [0.2, 0.25) is 0 Å². The fourth-order valence-electron chi connectivity index (χ4n) is 1.12. The number of hydrogen-bond acceptors (Lipinski definition) is 4. The summed E-state index contributed by atoms with van der Waals surface area (Å²) in [5.74, 6) is 0. The van der Waals surface area contributed by atoms with Crippen LogP contribution in [0.5, 0.6) is 0 Å². The fourth-order valence-corrected chi connectivity index (χ4v) is 4.56. The van der Waals surface area contributed by atoms with E-state index < -0.39 is 24.9 Å². The van der Waals surface area contributed by atoms with Crippen molar-refractivity contribution in [2.75, 3.05) is 23.2 Å². The molecule has 0 aromatic carbocycles. The second kappa shape index (κ2) is 7.62. The molecule has 0 aromatic heterocycles. The Bertz CT molecular complexity index is 377. The first-order valence-corrected chi connectivity index (χ1v) is 9.81. The average Bonchev–Trinajstić information content (AvgIpc) is 2.06. The molecule has 0 bridgehead atoms. The minimum atomic E-state index is -3.68. The lowest BCUT2D eigenvalue weighted by atomic mass is 10.2. The third kappa shape index (κ3) is 10.8. The second-order valence-electron chi connectivity index (χ2n) is 3.66. The molecule has 1 N–H and O–H groups in total. The number of halogens is 1. The van der Waals surface area contributed by atoms with E-state index in [1.54, 1.807) is 0 Å². The Morgan fingerprint density at radius 2 is 1.56 bits per heavy atom. The standard InChI is InChI=1S/C8H18BrNO4S2/c1-15(11,12)8-16(13,14)10-7-5-3-2-4-6-9/h10H,2-8H2,1H3. The van der Waals surface area contributed by atoms with E-state index in [-0.39, 0.29) is 0 Å². The predicted octanol–water partition coefficient (Wildman–Crippen LogP) is 0.863. The Labute approximate surface area is 106 Å². The van der Waals surface area contributed by atoms with Crippen molar-refractivity contribution in [1.29, 1.82) is 0 Å². The lowest BCUT2D eigenvalue weighted by Crippen LogP contribution is -2.30. The zero-order chi connectivity index (χ0) is 12.7. The first kappa shape index (κ1) is 16.3. The third-order valence-electron chi connectivity index (χ3n) is 1.75. The summed E-state index contributed by atoms with van der Waals surface area (Å²) in [4.78, 5) is 0. The Morgan fingerprint density at radius 1 is 1.00 bits per heavy atom. The van der Waals surface area contributed by atoms with Crippen LogP contribution < -0.4 is 4.72 Å². The number of sulfonamides is 1. The number of unbranched alkanes of at least 4 members (excludes halogenated alkanes) is 3. The van der Waals surface area contributed by atoms with Crippen LogP contribution >= 0.6 is 15.9 Å². The molecule has 0 aromatic rings. The highest BCUT2D eigenvalue weighted by atomic mass is 79.9. The zero-order valence-electron chi connectivity index (χ0n) is 9.28. The van der Waals surface area contributed by atoms with E-state index in [4.69, 9.17) is 0 Å². The van der Waals surface area contributed by atoms with Gasteiger partial charge in [-0.05, 0) is 12.8 Å². The molecule has 0 heterocycles. The van der Waals surface area contributed by atoms with Gasteiger partial charge in [-0.1, -0.05) is 28.8 Å². The molecule has 98 valence electrons. The lowest BCUT2D eigenvalue weighted by molar-refractivity contribution is 0.574. The van der Waals surface area contributed by atoms with E-state index in [1.165, 1.54) is 0 Å². The van der Waals surface area contributed by atoms with Crippen molar-refractivity contribution in [2.24, 2.45) is 0 Å². The summed E-state index contributed by atoms with van der Waals surface area (Å²) in [7, 11) is -7.17. The van der Waals surface area contributed by atoms with Gasteiger partial charge in [0, 0.05) is 18.1 Å². The smallest absolute Gasteiger partial charge is 0.226 e. The first-order chi connectivity index (χ1) is 7.27. The van der Waals surface area contributed by atoms with Crippen LogP contribution in [0.15, 0.2) is 0 Å². The molecule has 0 aliphatic heterocycles. The molecule has 0 amide bonds. The molecule has 0 atom stereocenters. The second-order valence-corrected chi connectivity index (χ2v) is 8.76. The van der Waals surface area contributed by atoms with Gasteiger partial charge in [0.05, 0.1) is 0 Å². The van der Waals surface area contributed by atoms with E-state index in [1.807, 2.05) is 0 Å². The van der Waals surface area contributed by atoms with Crippen molar-refractivity contribution >= 4 is 35.8 Å². The molecular weight excluding hydrogens is 318 g/mol. The highest BCUT2D eigenvalue weighted by molar-refractivity contribution is 9.09. The van der Waals surface area contributed by atoms with Crippen LogP contribution in [-0.2, 0) is 19.9 Å². The minimum Gasteiger partial charge on any atom is -0.228 e. The number of rotatable bonds is 9. The fraction of sp³-hybridized carbons (Fsp3) is 1.00. The van der Waals surface area contributed by atoms with Crippen molar-refractivity contribution in [2.45, 2.75) is 25.7 Å². The Balaban J connectivity index is 3.76. The molecule has 16 heavy (non-hydrogen) atoms. The van der Waals surface area contributed by atoms with Crippen molar-refractivity contribution in [3.05, 3.63) is 0 Å². The highest BCUT2D eigenvalue weighted by Gasteiger charge is 2.16. The van der Waals surface area contributed by atoms with Crippen LogP contribution in [-0.4, -0.2) is 40.1 Å². The Kier molecular flexibility index (Phi) is 7.79. The number of alkyl halides is 1. The number of nitrogens with one attached hydrogen (secondary N) is 1. The molecule has 0 saturated carbocycles. The molecule has 0 aliphatic carbocycles. The van der Waals surface area contributed by atoms with Crippen molar-refractivity contribution in [3.63, 3.8) is 0 Å². The summed E-state index contributed by atoms with van der Waals surface area (Å²) in [6, 6.07) is 0. The summed E-state index contributed by atoms with van der Waals surface area (Å²) in [6.07, 6.45) is 4.68. The molecule has 0 saturated heterocycles. The quantitative estimate of drug-likeness (QED) is 0.500. The first-order valence-electron chi connectivity index (χ1n) is 4.98. The van der Waals surface area contributed by atoms with Crippen molar-refractivity contribution in [1.82, 2.24) is 4.72 Å². The molecule has 0 aliphatic rings. The van der Waals surface area contributed by atoms with Crippen molar-refractivity contribution < 1.29 is 16.8 Å². The third-order valence-corrected chi connectivity index (χ3v) is 5.91. The van der Waals surface area contributed by atoms with Crippen LogP contribution in [0.3, 0.4) is 0 Å². The van der Waals surface area contributed by atoms with Crippen molar-refractivity contribution in [3.8, 4) is 0 Å². The van der Waals surface area contributed by atoms with Gasteiger partial charge in [-0.3, -0.25) is 0 Å². The minimum absolute atomic E-state index is 0.306. The Hall–Kier alpha value is 0.340. The topological polar surface area (TPSA) is 80.3 Å². The highest BCUT2D eigenvalue weighted by Crippen LogP contribution is 2.01. The zero-order valence-corrected chi connectivity index (χ0v) is 12.5. The molecule has 0 unspecified atom stereocenters. The van der Waals surface area contributed by atoms with Gasteiger partial charge in [0.2, 0.25) is 10.0 Å². The van der Waals surface area contributed by atoms with Gasteiger partial charge in [-0.2, -0.15) is 0 Å². The van der Waals surface area contributed by atoms with E-state index in [0.717, 1.165) is 37.3 Å². The van der Waals surface area contributed by atoms with E-state index in [9.17, 15) is 16.8 Å². The predicted molar refractivity (Wildman–Crippen MR) is 68.9 cm³/mol. The summed E-state index contributed by atoms with van der Waals surface area (Å²) in [5, 5.41) is 0.119. The maximum atomic E-state index is 11.2. The SMILES string of the molecule is CS(=O)(=O)CS(=O)(=O)NCCCCCCBr. The summed E-state index contributed by atoms with van der Waals surface area (Å²) in [5.41, 5.74) is 0. The van der Waals surface area contributed by atoms with Gasteiger partial charge in [0.25, 0.3) is 0 Å². The molecular formula is C8H18BrNO4S2. The monoisotopic (exact) mass is 335 g/mol. The van der Waals surface area contributed by atoms with Gasteiger partial charge >= 0.3 is 0 Å². The normalized spacial score (nSPS) is 12.9. The summed E-state index contributed by atoms with van der Waals surface area (Å²) >= 11 is 3.31. The van der Waals surface area contributed by atoms with Crippen LogP contribution in [0, 0.1) is 0 Å². The lowest BCUT2D eigenvalue weighted by Gasteiger charge is -2.05. The van der Waals surface area contributed by atoms with Gasteiger partial charge < -0.3 is 0 Å². The van der Waals surface area contributed by atoms with E-state index >= 15 is 0 Å². The van der Waals surface area contributed by atoms with Crippen LogP contribution in [0.25, 0.3) is 0 Å². The van der Waals surface area contributed by atoms with Crippen LogP contribution in [0.4, 0.5) is 0 Å². The Morgan fingerprint density at radius 3 is 2.06 bits per heavy atom. The maximum Gasteiger partial charge on any atom is 0.226 e.